The fraction of sp³-hybridized carbons (Fsp3) is 0.217. The Kier molecular flexibility index (Phi) is 7.09. The van der Waals surface area contributed by atoms with Gasteiger partial charge in [0.05, 0.1) is 5.69 Å². The first kappa shape index (κ1) is 23.7. The molecule has 0 bridgehead atoms. The third kappa shape index (κ3) is 5.18. The molecular formula is C23H23ClFN7OS. The van der Waals surface area contributed by atoms with E-state index in [1.807, 2.05) is 34.5 Å². The molecule has 176 valence electrons. The van der Waals surface area contributed by atoms with Gasteiger partial charge in [-0.2, -0.15) is 4.98 Å². The summed E-state index contributed by atoms with van der Waals surface area (Å²) in [6, 6.07) is 14.1. The molecule has 0 radical (unpaired) electrons. The highest BCUT2D eigenvalue weighted by molar-refractivity contribution is 7.14. The monoisotopic (exact) mass is 499 g/mol. The smallest absolute Gasteiger partial charge is 0.229 e. The third-order valence-corrected chi connectivity index (χ3v) is 6.36. The lowest BCUT2D eigenvalue weighted by atomic mass is 10.1. The van der Waals surface area contributed by atoms with Crippen molar-refractivity contribution in [2.45, 2.75) is 25.3 Å². The van der Waals surface area contributed by atoms with Gasteiger partial charge in [0.1, 0.15) is 5.82 Å². The van der Waals surface area contributed by atoms with Gasteiger partial charge in [-0.3, -0.25) is 5.41 Å². The second kappa shape index (κ2) is 10.2. The fourth-order valence-electron chi connectivity index (χ4n) is 3.93. The Morgan fingerprint density at radius 3 is 2.62 bits per heavy atom. The Bertz CT molecular complexity index is 1260. The summed E-state index contributed by atoms with van der Waals surface area (Å²) in [5.41, 5.74) is 9.05. The summed E-state index contributed by atoms with van der Waals surface area (Å²) in [5.74, 6) is 0.890. The normalized spacial score (nSPS) is 15.2. The summed E-state index contributed by atoms with van der Waals surface area (Å²) in [7, 11) is 0. The first-order chi connectivity index (χ1) is 16.0. The zero-order valence-electron chi connectivity index (χ0n) is 18.1. The van der Waals surface area contributed by atoms with Crippen molar-refractivity contribution in [3.63, 3.8) is 0 Å². The van der Waals surface area contributed by atoms with E-state index in [2.05, 4.69) is 20.4 Å². The molecule has 1 saturated heterocycles. The SMILES string of the molecule is Cl.N=C(N)N1CCC[C@H]1Cc1nc(-c2ccc(Nc3nc(-c4ccc(F)cc4)cs3)cc2)no1. The summed E-state index contributed by atoms with van der Waals surface area (Å²) in [6.07, 6.45) is 2.54. The first-order valence-electron chi connectivity index (χ1n) is 10.6. The van der Waals surface area contributed by atoms with E-state index in [1.165, 1.54) is 23.5 Å². The highest BCUT2D eigenvalue weighted by Crippen LogP contribution is 2.28. The minimum absolute atomic E-state index is 0. The lowest BCUT2D eigenvalue weighted by molar-refractivity contribution is 0.320. The molecule has 0 spiro atoms. The van der Waals surface area contributed by atoms with Gasteiger partial charge in [-0.1, -0.05) is 5.16 Å². The van der Waals surface area contributed by atoms with Gasteiger partial charge in [0.15, 0.2) is 11.1 Å². The van der Waals surface area contributed by atoms with E-state index in [4.69, 9.17) is 15.7 Å². The Labute approximate surface area is 205 Å². The van der Waals surface area contributed by atoms with Crippen LogP contribution < -0.4 is 11.1 Å². The van der Waals surface area contributed by atoms with Crippen molar-refractivity contribution in [2.24, 2.45) is 5.73 Å². The Morgan fingerprint density at radius 2 is 1.88 bits per heavy atom. The average Bonchev–Trinajstić information content (AvgIpc) is 3.57. The molecule has 1 atom stereocenters. The number of nitrogens with one attached hydrogen (secondary N) is 2. The zero-order valence-corrected chi connectivity index (χ0v) is 19.7. The number of nitrogens with zero attached hydrogens (tertiary/aromatic N) is 4. The maximum atomic E-state index is 13.1. The van der Waals surface area contributed by atoms with Gasteiger partial charge in [0.2, 0.25) is 11.7 Å². The van der Waals surface area contributed by atoms with Crippen molar-refractivity contribution in [1.29, 1.82) is 5.41 Å². The highest BCUT2D eigenvalue weighted by atomic mass is 35.5. The van der Waals surface area contributed by atoms with Crippen LogP contribution >= 0.6 is 23.7 Å². The van der Waals surface area contributed by atoms with E-state index in [9.17, 15) is 4.39 Å². The van der Waals surface area contributed by atoms with Crippen molar-refractivity contribution in [3.05, 3.63) is 65.6 Å². The molecular weight excluding hydrogens is 477 g/mol. The van der Waals surface area contributed by atoms with Crippen molar-refractivity contribution < 1.29 is 8.91 Å². The van der Waals surface area contributed by atoms with Crippen LogP contribution in [0.3, 0.4) is 0 Å². The summed E-state index contributed by atoms with van der Waals surface area (Å²) < 4.78 is 18.6. The number of nitrogens with two attached hydrogens (primary N) is 1. The maximum absolute atomic E-state index is 13.1. The van der Waals surface area contributed by atoms with E-state index in [1.54, 1.807) is 12.1 Å². The van der Waals surface area contributed by atoms with Gasteiger partial charge in [-0.05, 0) is 61.4 Å². The number of guanidine groups is 1. The zero-order chi connectivity index (χ0) is 22.8. The molecule has 2 aromatic carbocycles. The molecule has 11 heteroatoms. The van der Waals surface area contributed by atoms with Gasteiger partial charge >= 0.3 is 0 Å². The maximum Gasteiger partial charge on any atom is 0.229 e. The van der Waals surface area contributed by atoms with Crippen LogP contribution in [0.25, 0.3) is 22.6 Å². The van der Waals surface area contributed by atoms with E-state index < -0.39 is 0 Å². The average molecular weight is 500 g/mol. The molecule has 1 aliphatic heterocycles. The van der Waals surface area contributed by atoms with Crippen molar-refractivity contribution >= 4 is 40.5 Å². The van der Waals surface area contributed by atoms with Crippen LogP contribution in [-0.2, 0) is 6.42 Å². The minimum Gasteiger partial charge on any atom is -0.370 e. The van der Waals surface area contributed by atoms with E-state index in [0.717, 1.165) is 47.0 Å². The molecule has 1 fully saturated rings. The molecule has 0 amide bonds. The Morgan fingerprint density at radius 1 is 1.15 bits per heavy atom. The lowest BCUT2D eigenvalue weighted by Gasteiger charge is -2.23. The summed E-state index contributed by atoms with van der Waals surface area (Å²) >= 11 is 1.48. The number of hydrogen-bond acceptors (Lipinski definition) is 7. The van der Waals surface area contributed by atoms with E-state index in [0.29, 0.717) is 18.1 Å². The van der Waals surface area contributed by atoms with Crippen molar-refractivity contribution in [2.75, 3.05) is 11.9 Å². The lowest BCUT2D eigenvalue weighted by Crippen LogP contribution is -2.41. The molecule has 0 unspecified atom stereocenters. The second-order valence-corrected chi connectivity index (χ2v) is 8.70. The van der Waals surface area contributed by atoms with Crippen LogP contribution in [0.5, 0.6) is 0 Å². The van der Waals surface area contributed by atoms with Crippen LogP contribution in [0.2, 0.25) is 0 Å². The van der Waals surface area contributed by atoms with Gasteiger partial charge in [-0.15, -0.1) is 23.7 Å². The number of likely N-dealkylation sites (tertiary alicyclic amines) is 1. The number of anilines is 2. The number of benzene rings is 2. The quantitative estimate of drug-likeness (QED) is 0.250. The topological polar surface area (TPSA) is 117 Å². The van der Waals surface area contributed by atoms with Crippen molar-refractivity contribution in [3.8, 4) is 22.6 Å². The molecule has 34 heavy (non-hydrogen) atoms. The minimum atomic E-state index is -0.266. The van der Waals surface area contributed by atoms with Crippen LogP contribution in [0, 0.1) is 11.2 Å². The summed E-state index contributed by atoms with van der Waals surface area (Å²) in [4.78, 5) is 11.0. The molecule has 4 N–H and O–H groups in total. The van der Waals surface area contributed by atoms with Crippen LogP contribution in [0.15, 0.2) is 58.4 Å². The van der Waals surface area contributed by atoms with Crippen LogP contribution in [-0.4, -0.2) is 38.6 Å². The molecule has 0 aliphatic carbocycles. The van der Waals surface area contributed by atoms with E-state index in [-0.39, 0.29) is 30.2 Å². The largest absolute Gasteiger partial charge is 0.370 e. The Hall–Kier alpha value is -3.50. The van der Waals surface area contributed by atoms with E-state index >= 15 is 0 Å². The third-order valence-electron chi connectivity index (χ3n) is 5.60. The first-order valence-corrected chi connectivity index (χ1v) is 11.5. The number of hydrogen-bond donors (Lipinski definition) is 3. The van der Waals surface area contributed by atoms with Crippen LogP contribution in [0.4, 0.5) is 15.2 Å². The van der Waals surface area contributed by atoms with Gasteiger partial charge in [0, 0.05) is 41.2 Å². The molecule has 2 aromatic heterocycles. The van der Waals surface area contributed by atoms with Gasteiger partial charge < -0.3 is 20.5 Å². The molecule has 3 heterocycles. The molecule has 4 aromatic rings. The molecule has 5 rings (SSSR count). The van der Waals surface area contributed by atoms with Gasteiger partial charge in [-0.25, -0.2) is 9.37 Å². The van der Waals surface area contributed by atoms with Gasteiger partial charge in [0.25, 0.3) is 0 Å². The second-order valence-electron chi connectivity index (χ2n) is 7.84. The molecule has 1 aliphatic rings. The summed E-state index contributed by atoms with van der Waals surface area (Å²) in [5, 5.41) is 17.8. The summed E-state index contributed by atoms with van der Waals surface area (Å²) in [6.45, 7) is 0.792. The predicted molar refractivity (Wildman–Crippen MR) is 133 cm³/mol. The molecule has 8 nitrogen and oxygen atoms in total. The predicted octanol–water partition coefficient (Wildman–Crippen LogP) is 5.06. The number of halogens is 2. The number of rotatable bonds is 6. The number of thiazole rings is 1. The Balaban J connectivity index is 0.00000274. The fourth-order valence-corrected chi connectivity index (χ4v) is 4.67. The van der Waals surface area contributed by atoms with Crippen molar-refractivity contribution in [1.82, 2.24) is 20.0 Å². The number of aromatic nitrogens is 3. The standard InChI is InChI=1S/C23H22FN7OS.ClH/c24-16-7-3-14(4-8-16)19-13-33-23(28-19)27-17-9-5-15(6-10-17)21-29-20(32-30-21)12-18-2-1-11-31(18)22(25)26;/h3-10,13,18H,1-2,11-12H2,(H3,25,26)(H,27,28);1H/t18-;/m0./s1. The highest BCUT2D eigenvalue weighted by Gasteiger charge is 2.27. The molecule has 0 saturated carbocycles. The van der Waals surface area contributed by atoms with Crippen LogP contribution in [0.1, 0.15) is 18.7 Å².